The topological polar surface area (TPSA) is 123 Å². The molecule has 1 unspecified atom stereocenters. The lowest BCUT2D eigenvalue weighted by molar-refractivity contribution is -0.140. The van der Waals surface area contributed by atoms with E-state index in [0.29, 0.717) is 0 Å². The molecule has 1 aromatic heterocycles. The molecule has 2 amide bonds. The van der Waals surface area contributed by atoms with Crippen molar-refractivity contribution in [1.82, 2.24) is 15.1 Å². The number of benzene rings is 2. The Morgan fingerprint density at radius 1 is 1.09 bits per heavy atom. The number of aliphatic carboxylic acids is 1. The Labute approximate surface area is 190 Å². The Hall–Kier alpha value is -4.14. The molecule has 0 fully saturated rings. The molecule has 33 heavy (non-hydrogen) atoms. The van der Waals surface area contributed by atoms with Crippen LogP contribution in [0.2, 0.25) is 0 Å². The second kappa shape index (κ2) is 9.15. The number of aryl methyl sites for hydroxylation is 1. The number of carbonyl (C=O) groups is 3. The predicted molar refractivity (Wildman–Crippen MR) is 121 cm³/mol. The van der Waals surface area contributed by atoms with Crippen molar-refractivity contribution < 1.29 is 24.2 Å². The highest BCUT2D eigenvalue weighted by Crippen LogP contribution is 2.44. The standard InChI is InChI=1S/C24H24N4O5/c1-14(23(30)31)11-25-22(29)19-12-26-28(2)21(19)27-24(32)33-13-20-17-9-5-3-7-15(17)16-8-4-6-10-18(16)20/h3-10,12,14,20H,11,13H2,1-2H3,(H,25,29)(H,27,32)(H,30,31). The molecule has 9 nitrogen and oxygen atoms in total. The van der Waals surface area contributed by atoms with Gasteiger partial charge in [-0.25, -0.2) is 4.79 Å². The van der Waals surface area contributed by atoms with Gasteiger partial charge in [0.05, 0.1) is 12.1 Å². The molecular weight excluding hydrogens is 424 g/mol. The molecule has 0 spiro atoms. The first-order valence-electron chi connectivity index (χ1n) is 10.5. The number of anilines is 1. The zero-order valence-corrected chi connectivity index (χ0v) is 18.2. The van der Waals surface area contributed by atoms with Crippen LogP contribution in [0.3, 0.4) is 0 Å². The normalized spacial score (nSPS) is 13.0. The highest BCUT2D eigenvalue weighted by atomic mass is 16.5. The Morgan fingerprint density at radius 2 is 1.70 bits per heavy atom. The van der Waals surface area contributed by atoms with Gasteiger partial charge in [0.1, 0.15) is 18.0 Å². The van der Waals surface area contributed by atoms with Crippen LogP contribution in [0.4, 0.5) is 10.6 Å². The van der Waals surface area contributed by atoms with Crippen molar-refractivity contribution in [2.45, 2.75) is 12.8 Å². The second-order valence-corrected chi connectivity index (χ2v) is 7.93. The van der Waals surface area contributed by atoms with Crippen molar-refractivity contribution in [1.29, 1.82) is 0 Å². The van der Waals surface area contributed by atoms with E-state index in [0.717, 1.165) is 22.3 Å². The lowest BCUT2D eigenvalue weighted by Crippen LogP contribution is -2.32. The fourth-order valence-corrected chi connectivity index (χ4v) is 3.91. The van der Waals surface area contributed by atoms with Crippen molar-refractivity contribution in [3.8, 4) is 11.1 Å². The summed E-state index contributed by atoms with van der Waals surface area (Å²) in [5.74, 6) is -2.23. The van der Waals surface area contributed by atoms with E-state index in [4.69, 9.17) is 9.84 Å². The van der Waals surface area contributed by atoms with Crippen molar-refractivity contribution in [2.24, 2.45) is 13.0 Å². The monoisotopic (exact) mass is 448 g/mol. The minimum absolute atomic E-state index is 0.0482. The first-order chi connectivity index (χ1) is 15.9. The van der Waals surface area contributed by atoms with E-state index in [-0.39, 0.29) is 30.5 Å². The van der Waals surface area contributed by atoms with Crippen molar-refractivity contribution in [3.05, 3.63) is 71.4 Å². The fourth-order valence-electron chi connectivity index (χ4n) is 3.91. The molecule has 0 aliphatic heterocycles. The van der Waals surface area contributed by atoms with Crippen LogP contribution in [0.15, 0.2) is 54.7 Å². The van der Waals surface area contributed by atoms with Gasteiger partial charge in [0.2, 0.25) is 0 Å². The Kier molecular flexibility index (Phi) is 6.12. The largest absolute Gasteiger partial charge is 0.481 e. The van der Waals surface area contributed by atoms with Gasteiger partial charge in [-0.3, -0.25) is 19.6 Å². The molecule has 1 atom stereocenters. The molecule has 3 N–H and O–H groups in total. The molecule has 2 aromatic carbocycles. The SMILES string of the molecule is CC(CNC(=O)c1cnn(C)c1NC(=O)OCC1c2ccccc2-c2ccccc21)C(=O)O. The van der Waals surface area contributed by atoms with Crippen molar-refractivity contribution in [3.63, 3.8) is 0 Å². The Bertz CT molecular complexity index is 1170. The molecule has 170 valence electrons. The van der Waals surface area contributed by atoms with Gasteiger partial charge in [-0.15, -0.1) is 0 Å². The number of ether oxygens (including phenoxy) is 1. The molecule has 1 heterocycles. The number of amides is 2. The van der Waals surface area contributed by atoms with Crippen LogP contribution >= 0.6 is 0 Å². The molecule has 1 aliphatic carbocycles. The summed E-state index contributed by atoms with van der Waals surface area (Å²) in [6, 6.07) is 16.1. The summed E-state index contributed by atoms with van der Waals surface area (Å²) >= 11 is 0. The third-order valence-corrected chi connectivity index (χ3v) is 5.74. The Balaban J connectivity index is 1.43. The van der Waals surface area contributed by atoms with Crippen LogP contribution in [-0.2, 0) is 16.6 Å². The molecule has 0 radical (unpaired) electrons. The number of rotatable bonds is 7. The summed E-state index contributed by atoms with van der Waals surface area (Å²) in [4.78, 5) is 36.0. The number of hydrogen-bond acceptors (Lipinski definition) is 5. The van der Waals surface area contributed by atoms with Crippen LogP contribution in [0.1, 0.15) is 34.3 Å². The molecule has 9 heteroatoms. The van der Waals surface area contributed by atoms with Crippen LogP contribution in [0.5, 0.6) is 0 Å². The van der Waals surface area contributed by atoms with E-state index in [1.165, 1.54) is 17.8 Å². The Morgan fingerprint density at radius 3 is 2.30 bits per heavy atom. The van der Waals surface area contributed by atoms with Crippen molar-refractivity contribution >= 4 is 23.8 Å². The zero-order chi connectivity index (χ0) is 23.5. The number of fused-ring (bicyclic) bond motifs is 3. The van der Waals surface area contributed by atoms with Crippen LogP contribution < -0.4 is 10.6 Å². The van der Waals surface area contributed by atoms with E-state index in [1.807, 2.05) is 36.4 Å². The van der Waals surface area contributed by atoms with E-state index >= 15 is 0 Å². The zero-order valence-electron chi connectivity index (χ0n) is 18.2. The van der Waals surface area contributed by atoms with Crippen LogP contribution in [0, 0.1) is 5.92 Å². The quantitative estimate of drug-likeness (QED) is 0.510. The smallest absolute Gasteiger partial charge is 0.412 e. The van der Waals surface area contributed by atoms with Gasteiger partial charge in [-0.1, -0.05) is 55.5 Å². The van der Waals surface area contributed by atoms with Gasteiger partial charge in [-0.2, -0.15) is 5.10 Å². The third kappa shape index (κ3) is 4.43. The van der Waals surface area contributed by atoms with E-state index in [1.54, 1.807) is 7.05 Å². The first kappa shape index (κ1) is 22.1. The number of hydrogen-bond donors (Lipinski definition) is 3. The van der Waals surface area contributed by atoms with Crippen molar-refractivity contribution in [2.75, 3.05) is 18.5 Å². The maximum absolute atomic E-state index is 12.6. The number of nitrogens with zero attached hydrogens (tertiary/aromatic N) is 2. The maximum Gasteiger partial charge on any atom is 0.412 e. The summed E-state index contributed by atoms with van der Waals surface area (Å²) in [6.07, 6.45) is 0.591. The molecular formula is C24H24N4O5. The van der Waals surface area contributed by atoms with Gasteiger partial charge in [-0.05, 0) is 22.3 Å². The van der Waals surface area contributed by atoms with Gasteiger partial charge in [0.15, 0.2) is 0 Å². The van der Waals surface area contributed by atoms with Gasteiger partial charge in [0, 0.05) is 19.5 Å². The number of carboxylic acid groups (broad SMARTS) is 1. The molecule has 0 bridgehead atoms. The summed E-state index contributed by atoms with van der Waals surface area (Å²) in [6.45, 7) is 1.57. The second-order valence-electron chi connectivity index (χ2n) is 7.93. The van der Waals surface area contributed by atoms with Gasteiger partial charge >= 0.3 is 12.1 Å². The van der Waals surface area contributed by atoms with E-state index < -0.39 is 23.9 Å². The predicted octanol–water partition coefficient (Wildman–Crippen LogP) is 3.23. The average molecular weight is 448 g/mol. The van der Waals surface area contributed by atoms with E-state index in [2.05, 4.69) is 27.9 Å². The van der Waals surface area contributed by atoms with Crippen LogP contribution in [0.25, 0.3) is 11.1 Å². The van der Waals surface area contributed by atoms with Gasteiger partial charge < -0.3 is 15.2 Å². The number of aromatic nitrogens is 2. The summed E-state index contributed by atoms with van der Waals surface area (Å²) in [5, 5.41) is 18.1. The number of carboxylic acids is 1. The molecule has 4 rings (SSSR count). The highest BCUT2D eigenvalue weighted by molar-refractivity contribution is 6.01. The summed E-state index contributed by atoms with van der Waals surface area (Å²) < 4.78 is 6.88. The lowest BCUT2D eigenvalue weighted by atomic mass is 9.98. The fraction of sp³-hybridized carbons (Fsp3) is 0.250. The van der Waals surface area contributed by atoms with E-state index in [9.17, 15) is 14.4 Å². The molecule has 0 saturated heterocycles. The van der Waals surface area contributed by atoms with Gasteiger partial charge in [0.25, 0.3) is 5.91 Å². The highest BCUT2D eigenvalue weighted by Gasteiger charge is 2.29. The molecule has 1 aliphatic rings. The minimum Gasteiger partial charge on any atom is -0.481 e. The average Bonchev–Trinajstić information content (AvgIpc) is 3.33. The number of nitrogens with one attached hydrogen (secondary N) is 2. The lowest BCUT2D eigenvalue weighted by Gasteiger charge is -2.15. The van der Waals surface area contributed by atoms with Crippen LogP contribution in [-0.4, -0.2) is 46.0 Å². The number of carbonyl (C=O) groups excluding carboxylic acids is 2. The maximum atomic E-state index is 12.6. The third-order valence-electron chi connectivity index (χ3n) is 5.74. The molecule has 0 saturated carbocycles. The first-order valence-corrected chi connectivity index (χ1v) is 10.5. The minimum atomic E-state index is -1.02. The summed E-state index contributed by atoms with van der Waals surface area (Å²) in [7, 11) is 1.58. The molecule has 3 aromatic rings. The summed E-state index contributed by atoms with van der Waals surface area (Å²) in [5.41, 5.74) is 4.56.